The van der Waals surface area contributed by atoms with E-state index in [1.807, 2.05) is 36.4 Å². The second-order valence-corrected chi connectivity index (χ2v) is 7.97. The van der Waals surface area contributed by atoms with Crippen LogP contribution in [0.1, 0.15) is 24.0 Å². The molecule has 1 unspecified atom stereocenters. The van der Waals surface area contributed by atoms with Gasteiger partial charge in [-0.2, -0.15) is 0 Å². The van der Waals surface area contributed by atoms with E-state index in [9.17, 15) is 9.90 Å². The molecule has 1 atom stereocenters. The lowest BCUT2D eigenvalue weighted by Gasteiger charge is -2.50. The van der Waals surface area contributed by atoms with E-state index < -0.39 is 11.6 Å². The van der Waals surface area contributed by atoms with Crippen molar-refractivity contribution in [3.8, 4) is 0 Å². The van der Waals surface area contributed by atoms with Crippen molar-refractivity contribution in [3.05, 3.63) is 71.8 Å². The predicted octanol–water partition coefficient (Wildman–Crippen LogP) is -0.291. The third-order valence-electron chi connectivity index (χ3n) is 6.16. The zero-order chi connectivity index (χ0) is 18.2. The van der Waals surface area contributed by atoms with Gasteiger partial charge in [-0.15, -0.1) is 0 Å². The predicted molar refractivity (Wildman–Crippen MR) is 99.3 cm³/mol. The molecule has 3 heterocycles. The number of aliphatic hydroxyl groups is 1. The van der Waals surface area contributed by atoms with Gasteiger partial charge in [0, 0.05) is 18.8 Å². The van der Waals surface area contributed by atoms with Crippen molar-refractivity contribution < 1.29 is 43.1 Å². The number of benzene rings is 2. The van der Waals surface area contributed by atoms with Gasteiger partial charge in [-0.05, 0) is 11.1 Å². The molecule has 0 aliphatic carbocycles. The van der Waals surface area contributed by atoms with E-state index in [0.29, 0.717) is 17.0 Å². The Morgan fingerprint density at radius 3 is 1.93 bits per heavy atom. The van der Waals surface area contributed by atoms with Crippen LogP contribution in [0.15, 0.2) is 60.7 Å². The molecule has 5 rings (SSSR count). The van der Waals surface area contributed by atoms with Crippen LogP contribution in [0, 0.1) is 5.92 Å². The summed E-state index contributed by atoms with van der Waals surface area (Å²) >= 11 is 0. The maximum atomic E-state index is 13.2. The highest BCUT2D eigenvalue weighted by atomic mass is 127. The van der Waals surface area contributed by atoms with Crippen LogP contribution < -0.4 is 24.0 Å². The van der Waals surface area contributed by atoms with Gasteiger partial charge in [-0.1, -0.05) is 60.7 Å². The standard InChI is InChI=1S/C22H26NO3.HI/c1-23-14-12-17(13-15-23)20(16-23)26-21(24)22(25,18-8-4-2-5-9-18)19-10-6-3-7-11-19;/h2-11,17,20,25H,12-16H2,1H3;1H/q+1;/p-1. The molecule has 5 heteroatoms. The molecule has 4 nitrogen and oxygen atoms in total. The fraction of sp³-hybridized carbons (Fsp3) is 0.409. The largest absolute Gasteiger partial charge is 1.00 e. The second-order valence-electron chi connectivity index (χ2n) is 7.97. The third-order valence-corrected chi connectivity index (χ3v) is 6.16. The number of hydrogen-bond acceptors (Lipinski definition) is 3. The number of halogens is 1. The monoisotopic (exact) mass is 479 g/mol. The maximum Gasteiger partial charge on any atom is 0.348 e. The molecule has 2 aromatic carbocycles. The molecule has 0 aromatic heterocycles. The number of hydrogen-bond donors (Lipinski definition) is 1. The van der Waals surface area contributed by atoms with Crippen LogP contribution in [0.2, 0.25) is 0 Å². The average molecular weight is 479 g/mol. The van der Waals surface area contributed by atoms with Gasteiger partial charge in [0.15, 0.2) is 6.10 Å². The number of rotatable bonds is 4. The topological polar surface area (TPSA) is 46.5 Å². The Bertz CT molecular complexity index is 733. The van der Waals surface area contributed by atoms with Crippen molar-refractivity contribution >= 4 is 5.97 Å². The molecule has 0 saturated carbocycles. The minimum Gasteiger partial charge on any atom is -1.00 e. The van der Waals surface area contributed by atoms with E-state index in [4.69, 9.17) is 4.74 Å². The fourth-order valence-corrected chi connectivity index (χ4v) is 4.47. The van der Waals surface area contributed by atoms with Gasteiger partial charge in [0.2, 0.25) is 5.60 Å². The number of nitrogens with zero attached hydrogens (tertiary/aromatic N) is 1. The smallest absolute Gasteiger partial charge is 0.348 e. The highest BCUT2D eigenvalue weighted by Gasteiger charge is 2.49. The van der Waals surface area contributed by atoms with Crippen molar-refractivity contribution in [2.24, 2.45) is 5.92 Å². The van der Waals surface area contributed by atoms with Gasteiger partial charge in [0.05, 0.1) is 20.1 Å². The fourth-order valence-electron chi connectivity index (χ4n) is 4.47. The molecule has 2 aromatic rings. The van der Waals surface area contributed by atoms with Crippen molar-refractivity contribution in [2.45, 2.75) is 24.5 Å². The van der Waals surface area contributed by atoms with Crippen LogP contribution in [0.5, 0.6) is 0 Å². The third kappa shape index (κ3) is 3.77. The first-order chi connectivity index (χ1) is 12.5. The Balaban J connectivity index is 0.00000210. The highest BCUT2D eigenvalue weighted by Crippen LogP contribution is 2.37. The van der Waals surface area contributed by atoms with Gasteiger partial charge in [-0.3, -0.25) is 0 Å². The summed E-state index contributed by atoms with van der Waals surface area (Å²) in [6.07, 6.45) is 2.06. The van der Waals surface area contributed by atoms with Crippen molar-refractivity contribution in [2.75, 3.05) is 26.7 Å². The second kappa shape index (κ2) is 7.89. The lowest BCUT2D eigenvalue weighted by atomic mass is 9.83. The SMILES string of the molecule is C[N+]12CCC(CC1)C(OC(=O)C(O)(c1ccccc1)c1ccccc1)C2.[I-]. The van der Waals surface area contributed by atoms with Gasteiger partial charge in [0.25, 0.3) is 0 Å². The van der Waals surface area contributed by atoms with E-state index in [2.05, 4.69) is 7.05 Å². The van der Waals surface area contributed by atoms with E-state index in [1.54, 1.807) is 24.3 Å². The maximum absolute atomic E-state index is 13.2. The normalized spacial score (nSPS) is 26.9. The number of fused-ring (bicyclic) bond motifs is 3. The molecule has 3 fully saturated rings. The van der Waals surface area contributed by atoms with Gasteiger partial charge in [-0.25, -0.2) is 4.79 Å². The van der Waals surface area contributed by atoms with Crippen LogP contribution in [-0.4, -0.2) is 48.3 Å². The zero-order valence-corrected chi connectivity index (χ0v) is 17.7. The first-order valence-electron chi connectivity index (χ1n) is 9.39. The quantitative estimate of drug-likeness (QED) is 0.373. The number of quaternary nitrogens is 1. The lowest BCUT2D eigenvalue weighted by molar-refractivity contribution is -0.928. The van der Waals surface area contributed by atoms with E-state index in [1.165, 1.54) is 0 Å². The van der Waals surface area contributed by atoms with E-state index in [0.717, 1.165) is 37.0 Å². The van der Waals surface area contributed by atoms with Crippen molar-refractivity contribution in [1.82, 2.24) is 0 Å². The first-order valence-corrected chi connectivity index (χ1v) is 9.39. The molecule has 1 N–H and O–H groups in total. The van der Waals surface area contributed by atoms with E-state index >= 15 is 0 Å². The van der Waals surface area contributed by atoms with Crippen molar-refractivity contribution in [1.29, 1.82) is 0 Å². The first kappa shape index (κ1) is 20.3. The molecule has 2 bridgehead atoms. The molecule has 3 saturated heterocycles. The Hall–Kier alpha value is -1.44. The Kier molecular flexibility index (Phi) is 5.93. The number of esters is 1. The summed E-state index contributed by atoms with van der Waals surface area (Å²) in [6, 6.07) is 18.2. The Morgan fingerprint density at radius 1 is 1.00 bits per heavy atom. The number of ether oxygens (including phenoxy) is 1. The summed E-state index contributed by atoms with van der Waals surface area (Å²) in [4.78, 5) is 13.2. The van der Waals surface area contributed by atoms with Crippen LogP contribution in [0.3, 0.4) is 0 Å². The Labute approximate surface area is 177 Å². The summed E-state index contributed by atoms with van der Waals surface area (Å²) in [5, 5.41) is 11.5. The molecule has 144 valence electrons. The molecule has 0 spiro atoms. The molecular weight excluding hydrogens is 453 g/mol. The highest BCUT2D eigenvalue weighted by molar-refractivity contribution is 5.85. The van der Waals surface area contributed by atoms with Crippen LogP contribution in [0.4, 0.5) is 0 Å². The number of carbonyl (C=O) groups excluding carboxylic acids is 1. The molecule has 0 amide bonds. The molecule has 0 radical (unpaired) electrons. The van der Waals surface area contributed by atoms with Crippen LogP contribution >= 0.6 is 0 Å². The van der Waals surface area contributed by atoms with Gasteiger partial charge in [0.1, 0.15) is 6.54 Å². The minimum absolute atomic E-state index is 0. The number of likely N-dealkylation sites (N-methyl/N-ethyl adjacent to an activating group) is 1. The van der Waals surface area contributed by atoms with Crippen molar-refractivity contribution in [3.63, 3.8) is 0 Å². The molecule has 3 aliphatic heterocycles. The average Bonchev–Trinajstić information content (AvgIpc) is 2.69. The summed E-state index contributed by atoms with van der Waals surface area (Å²) in [5.74, 6) is -0.157. The molecular formula is C22H26INO3. The van der Waals surface area contributed by atoms with Gasteiger partial charge >= 0.3 is 5.97 Å². The Morgan fingerprint density at radius 2 is 1.48 bits per heavy atom. The lowest BCUT2D eigenvalue weighted by Crippen LogP contribution is -3.00. The van der Waals surface area contributed by atoms with Crippen LogP contribution in [-0.2, 0) is 15.1 Å². The number of piperidine rings is 3. The van der Waals surface area contributed by atoms with Crippen LogP contribution in [0.25, 0.3) is 0 Å². The zero-order valence-electron chi connectivity index (χ0n) is 15.6. The van der Waals surface area contributed by atoms with E-state index in [-0.39, 0.29) is 30.1 Å². The van der Waals surface area contributed by atoms with Gasteiger partial charge < -0.3 is 38.3 Å². The minimum atomic E-state index is -1.78. The summed E-state index contributed by atoms with van der Waals surface area (Å²) < 4.78 is 6.92. The number of carbonyl (C=O) groups is 1. The molecule has 3 aliphatic rings. The summed E-state index contributed by atoms with van der Waals surface area (Å²) in [7, 11) is 2.23. The summed E-state index contributed by atoms with van der Waals surface area (Å²) in [5.41, 5.74) is -0.705. The molecule has 27 heavy (non-hydrogen) atoms. The summed E-state index contributed by atoms with van der Waals surface area (Å²) in [6.45, 7) is 3.15.